The topological polar surface area (TPSA) is 60.5 Å². The van der Waals surface area contributed by atoms with E-state index in [0.29, 0.717) is 24.6 Å². The number of ketones is 1. The Hall–Kier alpha value is -1.60. The van der Waals surface area contributed by atoms with Crippen molar-refractivity contribution < 1.29 is 14.3 Å². The van der Waals surface area contributed by atoms with Crippen molar-refractivity contribution in [1.29, 1.82) is 0 Å². The first-order valence-corrected chi connectivity index (χ1v) is 8.93. The highest BCUT2D eigenvalue weighted by Gasteiger charge is 2.38. The summed E-state index contributed by atoms with van der Waals surface area (Å²) < 4.78 is 11.6. The monoisotopic (exact) mass is 346 g/mol. The molecule has 2 aromatic rings. The Labute approximate surface area is 146 Å². The Morgan fingerprint density at radius 3 is 2.83 bits per heavy atom. The molecule has 0 amide bonds. The summed E-state index contributed by atoms with van der Waals surface area (Å²) in [5, 5.41) is 5.82. The largest absolute Gasteiger partial charge is 0.348 e. The van der Waals surface area contributed by atoms with Crippen molar-refractivity contribution in [3.05, 3.63) is 52.5 Å². The van der Waals surface area contributed by atoms with Crippen LogP contribution in [0.3, 0.4) is 0 Å². The van der Waals surface area contributed by atoms with Crippen molar-refractivity contribution in [1.82, 2.24) is 10.3 Å². The summed E-state index contributed by atoms with van der Waals surface area (Å²) in [5.74, 6) is -0.578. The van der Waals surface area contributed by atoms with Crippen LogP contribution in [0.5, 0.6) is 0 Å². The zero-order chi connectivity index (χ0) is 17.0. The molecule has 128 valence electrons. The van der Waals surface area contributed by atoms with Crippen LogP contribution in [0.15, 0.2) is 41.9 Å². The van der Waals surface area contributed by atoms with Gasteiger partial charge in [-0.2, -0.15) is 0 Å². The molecular formula is C18H22N2O3S. The molecule has 0 spiro atoms. The average molecular weight is 346 g/mol. The van der Waals surface area contributed by atoms with Crippen LogP contribution in [0.4, 0.5) is 0 Å². The number of carbonyl (C=O) groups excluding carboxylic acids is 1. The summed E-state index contributed by atoms with van der Waals surface area (Å²) in [6, 6.07) is 9.99. The molecule has 1 N–H and O–H groups in total. The van der Waals surface area contributed by atoms with E-state index in [4.69, 9.17) is 9.47 Å². The highest BCUT2D eigenvalue weighted by molar-refractivity contribution is 7.11. The molecule has 1 fully saturated rings. The van der Waals surface area contributed by atoms with E-state index < -0.39 is 5.79 Å². The van der Waals surface area contributed by atoms with Crippen molar-refractivity contribution in [2.24, 2.45) is 0 Å². The van der Waals surface area contributed by atoms with E-state index in [-0.39, 0.29) is 17.9 Å². The fourth-order valence-electron chi connectivity index (χ4n) is 2.74. The molecule has 3 rings (SSSR count). The number of hydrogen-bond donors (Lipinski definition) is 1. The fraction of sp³-hybridized carbons (Fsp3) is 0.444. The number of rotatable bonds is 7. The van der Waals surface area contributed by atoms with Crippen molar-refractivity contribution >= 4 is 17.1 Å². The van der Waals surface area contributed by atoms with E-state index in [0.717, 1.165) is 0 Å². The van der Waals surface area contributed by atoms with Gasteiger partial charge in [0.25, 0.3) is 0 Å². The predicted molar refractivity (Wildman–Crippen MR) is 93.0 cm³/mol. The molecule has 5 nitrogen and oxygen atoms in total. The second-order valence-electron chi connectivity index (χ2n) is 6.30. The van der Waals surface area contributed by atoms with E-state index in [9.17, 15) is 4.79 Å². The summed E-state index contributed by atoms with van der Waals surface area (Å²) in [6.45, 7) is 4.94. The summed E-state index contributed by atoms with van der Waals surface area (Å²) in [6.07, 6.45) is 1.83. The molecule has 0 saturated carbocycles. The van der Waals surface area contributed by atoms with Gasteiger partial charge in [0.1, 0.15) is 6.10 Å². The van der Waals surface area contributed by atoms with Crippen LogP contribution in [0, 0.1) is 0 Å². The zero-order valence-corrected chi connectivity index (χ0v) is 14.7. The van der Waals surface area contributed by atoms with E-state index >= 15 is 0 Å². The fourth-order valence-corrected chi connectivity index (χ4v) is 3.33. The predicted octanol–water partition coefficient (Wildman–Crippen LogP) is 3.03. The van der Waals surface area contributed by atoms with Gasteiger partial charge in [0.15, 0.2) is 16.6 Å². The van der Waals surface area contributed by atoms with Crippen LogP contribution in [0.2, 0.25) is 0 Å². The van der Waals surface area contributed by atoms with Crippen LogP contribution >= 0.6 is 11.3 Å². The van der Waals surface area contributed by atoms with Gasteiger partial charge in [-0.05, 0) is 19.4 Å². The van der Waals surface area contributed by atoms with Gasteiger partial charge >= 0.3 is 0 Å². The molecule has 1 aromatic carbocycles. The molecule has 24 heavy (non-hydrogen) atoms. The van der Waals surface area contributed by atoms with Gasteiger partial charge in [0, 0.05) is 30.6 Å². The molecule has 0 bridgehead atoms. The molecule has 6 heteroatoms. The highest BCUT2D eigenvalue weighted by Crippen LogP contribution is 2.26. The van der Waals surface area contributed by atoms with E-state index in [2.05, 4.69) is 22.4 Å². The first-order chi connectivity index (χ1) is 11.5. The molecule has 0 aliphatic carbocycles. The minimum Gasteiger partial charge on any atom is -0.348 e. The van der Waals surface area contributed by atoms with Gasteiger partial charge in [0.2, 0.25) is 0 Å². The van der Waals surface area contributed by atoms with Crippen LogP contribution in [-0.2, 0) is 16.0 Å². The number of nitrogens with one attached hydrogen (secondary N) is 1. The number of hydrogen-bond acceptors (Lipinski definition) is 6. The Bertz CT molecular complexity index is 658. The molecular weight excluding hydrogens is 324 g/mol. The van der Waals surface area contributed by atoms with Gasteiger partial charge in [-0.15, -0.1) is 11.3 Å². The lowest BCUT2D eigenvalue weighted by molar-refractivity contribution is -0.141. The number of benzene rings is 1. The third-order valence-electron chi connectivity index (χ3n) is 3.97. The number of carbonyl (C=O) groups is 1. The molecule has 1 aliphatic heterocycles. The normalized spacial score (nSPS) is 20.8. The summed E-state index contributed by atoms with van der Waals surface area (Å²) in [4.78, 5) is 16.6. The molecule has 0 radical (unpaired) electrons. The Balaban J connectivity index is 1.67. The Morgan fingerprint density at radius 1 is 1.42 bits per heavy atom. The maximum Gasteiger partial charge on any atom is 0.193 e. The minimum absolute atomic E-state index is 0.0314. The van der Waals surface area contributed by atoms with Crippen LogP contribution in [-0.4, -0.2) is 35.3 Å². The van der Waals surface area contributed by atoms with Gasteiger partial charge in [-0.1, -0.05) is 30.3 Å². The first kappa shape index (κ1) is 17.2. The van der Waals surface area contributed by atoms with Crippen LogP contribution < -0.4 is 5.32 Å². The first-order valence-electron chi connectivity index (χ1n) is 8.05. The van der Waals surface area contributed by atoms with Crippen LogP contribution in [0.1, 0.15) is 35.6 Å². The lowest BCUT2D eigenvalue weighted by Crippen LogP contribution is -2.43. The Kier molecular flexibility index (Phi) is 5.40. The van der Waals surface area contributed by atoms with Crippen molar-refractivity contribution in [2.75, 3.05) is 6.61 Å². The highest BCUT2D eigenvalue weighted by atomic mass is 32.1. The van der Waals surface area contributed by atoms with Crippen molar-refractivity contribution in [3.63, 3.8) is 0 Å². The van der Waals surface area contributed by atoms with Crippen molar-refractivity contribution in [2.45, 2.75) is 44.7 Å². The van der Waals surface area contributed by atoms with Crippen molar-refractivity contribution in [3.8, 4) is 0 Å². The lowest BCUT2D eigenvalue weighted by atomic mass is 10.0. The van der Waals surface area contributed by atoms with Gasteiger partial charge in [-0.3, -0.25) is 4.79 Å². The maximum absolute atomic E-state index is 12.5. The minimum atomic E-state index is -0.610. The van der Waals surface area contributed by atoms with E-state index in [1.807, 2.05) is 37.4 Å². The number of thiazole rings is 1. The van der Waals surface area contributed by atoms with Gasteiger partial charge in [-0.25, -0.2) is 4.98 Å². The number of aromatic nitrogens is 1. The molecule has 2 atom stereocenters. The molecule has 0 unspecified atom stereocenters. The maximum atomic E-state index is 12.5. The van der Waals surface area contributed by atoms with Gasteiger partial charge < -0.3 is 14.8 Å². The molecule has 2 heterocycles. The van der Waals surface area contributed by atoms with E-state index in [1.165, 1.54) is 16.9 Å². The smallest absolute Gasteiger partial charge is 0.193 e. The molecule has 1 aromatic heterocycles. The number of ether oxygens (including phenoxy) is 2. The Morgan fingerprint density at radius 2 is 2.21 bits per heavy atom. The summed E-state index contributed by atoms with van der Waals surface area (Å²) >= 11 is 1.37. The quantitative estimate of drug-likeness (QED) is 0.781. The molecule has 1 saturated heterocycles. The second kappa shape index (κ2) is 7.53. The summed E-state index contributed by atoms with van der Waals surface area (Å²) in [5.41, 5.74) is 1.17. The lowest BCUT2D eigenvalue weighted by Gasteiger charge is -2.25. The summed E-state index contributed by atoms with van der Waals surface area (Å²) in [7, 11) is 0. The average Bonchev–Trinajstić information content (AvgIpc) is 3.22. The second-order valence-corrected chi connectivity index (χ2v) is 7.20. The SMILES string of the molecule is CC1(C)OC[C@H]([C@@H](CC(=O)c2nccs2)NCc2ccccc2)O1. The number of Topliss-reactive ketones (excluding diaryl/α,β-unsaturated/α-hetero) is 1. The van der Waals surface area contributed by atoms with E-state index in [1.54, 1.807) is 6.20 Å². The third kappa shape index (κ3) is 4.48. The van der Waals surface area contributed by atoms with Gasteiger partial charge in [0.05, 0.1) is 6.61 Å². The third-order valence-corrected chi connectivity index (χ3v) is 4.78. The van der Waals surface area contributed by atoms with Crippen LogP contribution in [0.25, 0.3) is 0 Å². The standard InChI is InChI=1S/C18H22N2O3S/c1-18(2)22-12-16(23-18)14(10-15(21)17-19-8-9-24-17)20-11-13-6-4-3-5-7-13/h3-9,14,16,20H,10-12H2,1-2H3/t14-,16-/m1/s1. The molecule has 1 aliphatic rings. The zero-order valence-electron chi connectivity index (χ0n) is 13.9. The number of nitrogens with zero attached hydrogens (tertiary/aromatic N) is 1.